The molecule has 2 aromatic rings. The highest BCUT2D eigenvalue weighted by molar-refractivity contribution is 5.97. The highest BCUT2D eigenvalue weighted by Crippen LogP contribution is 2.24. The second-order valence-corrected chi connectivity index (χ2v) is 7.05. The lowest BCUT2D eigenvalue weighted by molar-refractivity contribution is 0.0709. The van der Waals surface area contributed by atoms with Crippen LogP contribution in [-0.4, -0.2) is 31.4 Å². The van der Waals surface area contributed by atoms with Crippen molar-refractivity contribution in [2.24, 2.45) is 0 Å². The minimum absolute atomic E-state index is 0.0949. The summed E-state index contributed by atoms with van der Waals surface area (Å²) in [6.45, 7) is 10.5. The Kier molecular flexibility index (Phi) is 3.16. The molecule has 1 atom stereocenters. The predicted molar refractivity (Wildman–Crippen MR) is 84.1 cm³/mol. The number of carbonyl (C=O) groups excluding carboxylic acids is 1. The van der Waals surface area contributed by atoms with E-state index in [2.05, 4.69) is 10.1 Å². The van der Waals surface area contributed by atoms with E-state index in [9.17, 15) is 9.59 Å². The maximum Gasteiger partial charge on any atom is 0.280 e. The third kappa shape index (κ3) is 2.05. The first-order valence-electron chi connectivity index (χ1n) is 7.70. The Bertz CT molecular complexity index is 810. The minimum Gasteiger partial charge on any atom is -0.335 e. The quantitative estimate of drug-likeness (QED) is 0.923. The van der Waals surface area contributed by atoms with Crippen LogP contribution in [0.1, 0.15) is 62.8 Å². The zero-order chi connectivity index (χ0) is 16.2. The van der Waals surface area contributed by atoms with Gasteiger partial charge >= 0.3 is 0 Å². The first-order chi connectivity index (χ1) is 10.2. The molecule has 0 saturated carbocycles. The number of nitrogens with zero attached hydrogens (tertiary/aromatic N) is 3. The van der Waals surface area contributed by atoms with Crippen molar-refractivity contribution in [3.05, 3.63) is 33.4 Å². The summed E-state index contributed by atoms with van der Waals surface area (Å²) in [5, 5.41) is 4.42. The van der Waals surface area contributed by atoms with Gasteiger partial charge in [0, 0.05) is 17.5 Å². The average molecular weight is 302 g/mol. The van der Waals surface area contributed by atoms with E-state index in [-0.39, 0.29) is 22.9 Å². The van der Waals surface area contributed by atoms with Crippen molar-refractivity contribution in [3.63, 3.8) is 0 Å². The largest absolute Gasteiger partial charge is 0.335 e. The molecular weight excluding hydrogens is 280 g/mol. The van der Waals surface area contributed by atoms with Crippen LogP contribution in [0.5, 0.6) is 0 Å². The molecular formula is C16H22N4O2. The van der Waals surface area contributed by atoms with Crippen molar-refractivity contribution in [2.45, 2.75) is 59.0 Å². The molecule has 1 aliphatic heterocycles. The third-order valence-corrected chi connectivity index (χ3v) is 4.41. The summed E-state index contributed by atoms with van der Waals surface area (Å²) in [5.74, 6) is -0.0949. The molecule has 1 amide bonds. The maximum atomic E-state index is 12.7. The summed E-state index contributed by atoms with van der Waals surface area (Å²) in [5.41, 5.74) is 1.99. The molecule has 0 bridgehead atoms. The van der Waals surface area contributed by atoms with Crippen LogP contribution in [0.25, 0.3) is 5.65 Å². The third-order valence-electron chi connectivity index (χ3n) is 4.41. The van der Waals surface area contributed by atoms with Crippen molar-refractivity contribution in [2.75, 3.05) is 0 Å². The molecule has 1 N–H and O–H groups in total. The summed E-state index contributed by atoms with van der Waals surface area (Å²) >= 11 is 0. The van der Waals surface area contributed by atoms with Gasteiger partial charge < -0.3 is 9.88 Å². The average Bonchev–Trinajstić information content (AvgIpc) is 3.01. The normalized spacial score (nSPS) is 16.4. The van der Waals surface area contributed by atoms with Crippen LogP contribution >= 0.6 is 0 Å². The lowest BCUT2D eigenvalue weighted by Crippen LogP contribution is -2.33. The molecule has 6 nitrogen and oxygen atoms in total. The van der Waals surface area contributed by atoms with E-state index in [0.29, 0.717) is 23.4 Å². The Labute approximate surface area is 129 Å². The van der Waals surface area contributed by atoms with Crippen LogP contribution in [0.15, 0.2) is 10.9 Å². The molecule has 1 unspecified atom stereocenters. The molecule has 0 aliphatic carbocycles. The summed E-state index contributed by atoms with van der Waals surface area (Å²) < 4.78 is 1.38. The van der Waals surface area contributed by atoms with E-state index in [1.165, 1.54) is 4.52 Å². The van der Waals surface area contributed by atoms with Crippen molar-refractivity contribution in [3.8, 4) is 0 Å². The van der Waals surface area contributed by atoms with Gasteiger partial charge in [-0.2, -0.15) is 9.61 Å². The van der Waals surface area contributed by atoms with Gasteiger partial charge in [0.15, 0.2) is 0 Å². The number of H-pyrrole nitrogens is 1. The number of aromatic amines is 1. The molecule has 22 heavy (non-hydrogen) atoms. The molecule has 0 spiro atoms. The van der Waals surface area contributed by atoms with Gasteiger partial charge in [-0.3, -0.25) is 9.59 Å². The highest BCUT2D eigenvalue weighted by Gasteiger charge is 2.34. The predicted octanol–water partition coefficient (Wildman–Crippen LogP) is 2.07. The van der Waals surface area contributed by atoms with Crippen molar-refractivity contribution < 1.29 is 4.79 Å². The lowest BCUT2D eigenvalue weighted by Gasteiger charge is -2.22. The Morgan fingerprint density at radius 3 is 2.64 bits per heavy atom. The molecule has 118 valence electrons. The number of aromatic nitrogens is 3. The molecule has 0 fully saturated rings. The van der Waals surface area contributed by atoms with Gasteiger partial charge in [-0.15, -0.1) is 0 Å². The molecule has 3 rings (SSSR count). The number of hydrogen-bond acceptors (Lipinski definition) is 3. The fraction of sp³-hybridized carbons (Fsp3) is 0.562. The number of amides is 1. The number of carbonyl (C=O) groups is 1. The zero-order valence-electron chi connectivity index (χ0n) is 13.7. The summed E-state index contributed by atoms with van der Waals surface area (Å²) in [6.07, 6.45) is 0.860. The van der Waals surface area contributed by atoms with Gasteiger partial charge in [-0.25, -0.2) is 0 Å². The fourth-order valence-corrected chi connectivity index (χ4v) is 2.72. The maximum absolute atomic E-state index is 12.7. The SMILES string of the molecule is CCC(C)N1Cc2c([nH]c3cc(C(C)(C)C)nn3c2=O)C1=O. The van der Waals surface area contributed by atoms with Crippen LogP contribution in [0.2, 0.25) is 0 Å². The second-order valence-electron chi connectivity index (χ2n) is 7.05. The molecule has 6 heteroatoms. The van der Waals surface area contributed by atoms with Crippen molar-refractivity contribution in [1.29, 1.82) is 0 Å². The summed E-state index contributed by atoms with van der Waals surface area (Å²) in [7, 11) is 0. The van der Waals surface area contributed by atoms with E-state index < -0.39 is 0 Å². The lowest BCUT2D eigenvalue weighted by atomic mass is 9.93. The van der Waals surface area contributed by atoms with E-state index in [4.69, 9.17) is 0 Å². The first-order valence-corrected chi connectivity index (χ1v) is 7.70. The van der Waals surface area contributed by atoms with Gasteiger partial charge in [-0.1, -0.05) is 27.7 Å². The Balaban J connectivity index is 2.16. The molecule has 0 radical (unpaired) electrons. The van der Waals surface area contributed by atoms with Gasteiger partial charge in [0.05, 0.1) is 17.8 Å². The Morgan fingerprint density at radius 2 is 2.05 bits per heavy atom. The molecule has 1 aliphatic rings. The fourth-order valence-electron chi connectivity index (χ4n) is 2.72. The van der Waals surface area contributed by atoms with Crippen LogP contribution < -0.4 is 5.56 Å². The van der Waals surface area contributed by atoms with E-state index in [0.717, 1.165) is 12.1 Å². The molecule has 0 saturated heterocycles. The van der Waals surface area contributed by atoms with Crippen LogP contribution in [0.4, 0.5) is 0 Å². The van der Waals surface area contributed by atoms with Gasteiger partial charge in [-0.05, 0) is 13.3 Å². The number of fused-ring (bicyclic) bond motifs is 2. The Hall–Kier alpha value is -2.11. The minimum atomic E-state index is -0.196. The van der Waals surface area contributed by atoms with E-state index >= 15 is 0 Å². The van der Waals surface area contributed by atoms with Crippen LogP contribution in [0.3, 0.4) is 0 Å². The smallest absolute Gasteiger partial charge is 0.280 e. The standard InChI is InChI=1S/C16H22N4O2/c1-6-9(2)19-8-10-13(15(19)22)17-12-7-11(16(3,4)5)18-20(12)14(10)21/h7,9,17H,6,8H2,1-5H3. The highest BCUT2D eigenvalue weighted by atomic mass is 16.2. The number of rotatable bonds is 2. The van der Waals surface area contributed by atoms with E-state index in [1.807, 2.05) is 40.7 Å². The molecule has 3 heterocycles. The topological polar surface area (TPSA) is 70.5 Å². The zero-order valence-corrected chi connectivity index (χ0v) is 13.7. The van der Waals surface area contributed by atoms with Gasteiger partial charge in [0.1, 0.15) is 11.3 Å². The Morgan fingerprint density at radius 1 is 1.36 bits per heavy atom. The van der Waals surface area contributed by atoms with Crippen LogP contribution in [0, 0.1) is 0 Å². The number of nitrogens with one attached hydrogen (secondary N) is 1. The van der Waals surface area contributed by atoms with Crippen LogP contribution in [-0.2, 0) is 12.0 Å². The number of hydrogen-bond donors (Lipinski definition) is 1. The van der Waals surface area contributed by atoms with E-state index in [1.54, 1.807) is 4.90 Å². The van der Waals surface area contributed by atoms with Gasteiger partial charge in [0.2, 0.25) is 0 Å². The molecule has 0 aromatic carbocycles. The second kappa shape index (κ2) is 4.69. The monoisotopic (exact) mass is 302 g/mol. The molecule has 2 aromatic heterocycles. The summed E-state index contributed by atoms with van der Waals surface area (Å²) in [4.78, 5) is 30.0. The van der Waals surface area contributed by atoms with Crippen molar-refractivity contribution >= 4 is 11.6 Å². The van der Waals surface area contributed by atoms with Gasteiger partial charge in [0.25, 0.3) is 11.5 Å². The first kappa shape index (κ1) is 14.8. The summed E-state index contributed by atoms with van der Waals surface area (Å²) in [6, 6.07) is 1.96. The van der Waals surface area contributed by atoms with Crippen molar-refractivity contribution in [1.82, 2.24) is 19.5 Å².